The summed E-state index contributed by atoms with van der Waals surface area (Å²) < 4.78 is 10.7. The highest BCUT2D eigenvalue weighted by Gasteiger charge is 2.10. The highest BCUT2D eigenvalue weighted by Crippen LogP contribution is 2.21. The Hall–Kier alpha value is -3.19. The first-order chi connectivity index (χ1) is 13.6. The van der Waals surface area contributed by atoms with Gasteiger partial charge in [-0.05, 0) is 48.9 Å². The molecule has 0 spiro atoms. The molecule has 28 heavy (non-hydrogen) atoms. The molecule has 0 aliphatic carbocycles. The molecular formula is C20H17ClN4O3. The minimum absolute atomic E-state index is 0.0861. The third-order valence-electron chi connectivity index (χ3n) is 4.14. The molecule has 1 N–H and O–H groups in total. The predicted octanol–water partition coefficient (Wildman–Crippen LogP) is 4.80. The van der Waals surface area contributed by atoms with E-state index in [1.54, 1.807) is 37.3 Å². The lowest BCUT2D eigenvalue weighted by atomic mass is 10.2. The van der Waals surface area contributed by atoms with E-state index in [4.69, 9.17) is 20.5 Å². The van der Waals surface area contributed by atoms with E-state index in [0.717, 1.165) is 11.1 Å². The van der Waals surface area contributed by atoms with Gasteiger partial charge in [0.05, 0.1) is 0 Å². The van der Waals surface area contributed by atoms with Gasteiger partial charge in [0.25, 0.3) is 0 Å². The van der Waals surface area contributed by atoms with Crippen molar-refractivity contribution in [1.82, 2.24) is 15.1 Å². The summed E-state index contributed by atoms with van der Waals surface area (Å²) in [5, 5.41) is 7.48. The van der Waals surface area contributed by atoms with Crippen LogP contribution in [0.5, 0.6) is 0 Å². The van der Waals surface area contributed by atoms with E-state index in [1.807, 2.05) is 12.1 Å². The highest BCUT2D eigenvalue weighted by molar-refractivity contribution is 6.30. The number of hydrogen-bond acceptors (Lipinski definition) is 6. The molecule has 2 aromatic heterocycles. The third-order valence-corrected chi connectivity index (χ3v) is 4.40. The molecule has 0 fully saturated rings. The lowest BCUT2D eigenvalue weighted by Gasteiger charge is -2.04. The van der Waals surface area contributed by atoms with Crippen molar-refractivity contribution in [2.75, 3.05) is 5.32 Å². The molecule has 8 heteroatoms. The Labute approximate surface area is 165 Å². The van der Waals surface area contributed by atoms with Gasteiger partial charge in [-0.15, -0.1) is 0 Å². The fraction of sp³-hybridized carbons (Fsp3) is 0.200. The first-order valence-corrected chi connectivity index (χ1v) is 9.20. The first kappa shape index (κ1) is 18.2. The predicted molar refractivity (Wildman–Crippen MR) is 105 cm³/mol. The number of aryl methyl sites for hydroxylation is 2. The average molecular weight is 397 g/mol. The van der Waals surface area contributed by atoms with Crippen LogP contribution in [-0.2, 0) is 11.2 Å². The maximum atomic E-state index is 12.2. The van der Waals surface area contributed by atoms with Gasteiger partial charge < -0.3 is 14.3 Å². The Kier molecular flexibility index (Phi) is 5.08. The van der Waals surface area contributed by atoms with Crippen molar-refractivity contribution in [2.24, 2.45) is 0 Å². The van der Waals surface area contributed by atoms with Gasteiger partial charge in [-0.3, -0.25) is 4.79 Å². The SMILES string of the molecule is Cc1nc2cc(NC(=O)CCCc3nc(-c4ccc(Cl)cc4)no3)ccc2o1. The summed E-state index contributed by atoms with van der Waals surface area (Å²) in [5.41, 5.74) is 2.93. The van der Waals surface area contributed by atoms with Gasteiger partial charge in [0.2, 0.25) is 17.6 Å². The van der Waals surface area contributed by atoms with Crippen LogP contribution >= 0.6 is 11.6 Å². The van der Waals surface area contributed by atoms with E-state index in [-0.39, 0.29) is 5.91 Å². The van der Waals surface area contributed by atoms with Gasteiger partial charge in [-0.25, -0.2) is 4.98 Å². The minimum Gasteiger partial charge on any atom is -0.441 e. The van der Waals surface area contributed by atoms with Gasteiger partial charge in [0.15, 0.2) is 11.5 Å². The summed E-state index contributed by atoms with van der Waals surface area (Å²) in [4.78, 5) is 20.8. The van der Waals surface area contributed by atoms with Gasteiger partial charge in [0.1, 0.15) is 5.52 Å². The lowest BCUT2D eigenvalue weighted by molar-refractivity contribution is -0.116. The molecule has 4 aromatic rings. The number of fused-ring (bicyclic) bond motifs is 1. The summed E-state index contributed by atoms with van der Waals surface area (Å²) >= 11 is 5.88. The fourth-order valence-electron chi connectivity index (χ4n) is 2.82. The standard InChI is InChI=1S/C20H17ClN4O3/c1-12-22-16-11-15(9-10-17(16)27-12)23-18(26)3-2-4-19-24-20(25-28-19)13-5-7-14(21)8-6-13/h5-11H,2-4H2,1H3,(H,23,26). The second-order valence-electron chi connectivity index (χ2n) is 6.34. The molecule has 0 bridgehead atoms. The number of aromatic nitrogens is 3. The molecule has 2 heterocycles. The van der Waals surface area contributed by atoms with Crippen molar-refractivity contribution < 1.29 is 13.7 Å². The van der Waals surface area contributed by atoms with E-state index in [2.05, 4.69) is 20.4 Å². The molecule has 0 saturated carbocycles. The number of hydrogen-bond donors (Lipinski definition) is 1. The molecule has 4 rings (SSSR count). The Morgan fingerprint density at radius 2 is 1.96 bits per heavy atom. The summed E-state index contributed by atoms with van der Waals surface area (Å²) in [6.45, 7) is 1.79. The molecular weight excluding hydrogens is 380 g/mol. The lowest BCUT2D eigenvalue weighted by Crippen LogP contribution is -2.11. The van der Waals surface area contributed by atoms with E-state index in [9.17, 15) is 4.79 Å². The highest BCUT2D eigenvalue weighted by atomic mass is 35.5. The molecule has 7 nitrogen and oxygen atoms in total. The molecule has 0 aliphatic rings. The maximum Gasteiger partial charge on any atom is 0.226 e. The minimum atomic E-state index is -0.0861. The molecule has 0 saturated heterocycles. The molecule has 0 aliphatic heterocycles. The number of anilines is 1. The molecule has 0 atom stereocenters. The Balaban J connectivity index is 1.29. The van der Waals surface area contributed by atoms with Crippen molar-refractivity contribution in [3.05, 3.63) is 59.3 Å². The van der Waals surface area contributed by atoms with Crippen LogP contribution in [0, 0.1) is 6.92 Å². The number of amides is 1. The molecule has 1 amide bonds. The smallest absolute Gasteiger partial charge is 0.226 e. The first-order valence-electron chi connectivity index (χ1n) is 8.82. The zero-order valence-electron chi connectivity index (χ0n) is 15.1. The Morgan fingerprint density at radius 3 is 2.79 bits per heavy atom. The Morgan fingerprint density at radius 1 is 1.14 bits per heavy atom. The van der Waals surface area contributed by atoms with Crippen molar-refractivity contribution in [1.29, 1.82) is 0 Å². The van der Waals surface area contributed by atoms with E-state index in [0.29, 0.717) is 53.2 Å². The third kappa shape index (κ3) is 4.20. The molecule has 142 valence electrons. The number of carbonyl (C=O) groups is 1. The average Bonchev–Trinajstić information content (AvgIpc) is 3.28. The normalized spacial score (nSPS) is 11.1. The largest absolute Gasteiger partial charge is 0.441 e. The number of halogens is 1. The zero-order valence-corrected chi connectivity index (χ0v) is 15.9. The number of carbonyl (C=O) groups excluding carboxylic acids is 1. The van der Waals surface area contributed by atoms with E-state index < -0.39 is 0 Å². The van der Waals surface area contributed by atoms with Crippen LogP contribution < -0.4 is 5.32 Å². The van der Waals surface area contributed by atoms with Crippen LogP contribution in [0.2, 0.25) is 5.02 Å². The van der Waals surface area contributed by atoms with Crippen LogP contribution in [0.3, 0.4) is 0 Å². The summed E-state index contributed by atoms with van der Waals surface area (Å²) in [6.07, 6.45) is 1.46. The second kappa shape index (κ2) is 7.82. The van der Waals surface area contributed by atoms with Crippen molar-refractivity contribution in [3.63, 3.8) is 0 Å². The quantitative estimate of drug-likeness (QED) is 0.503. The Bertz CT molecular complexity index is 1120. The van der Waals surface area contributed by atoms with Gasteiger partial charge >= 0.3 is 0 Å². The van der Waals surface area contributed by atoms with E-state index >= 15 is 0 Å². The maximum absolute atomic E-state index is 12.2. The van der Waals surface area contributed by atoms with Gasteiger partial charge in [0, 0.05) is 36.0 Å². The monoisotopic (exact) mass is 396 g/mol. The van der Waals surface area contributed by atoms with Crippen molar-refractivity contribution >= 4 is 34.3 Å². The van der Waals surface area contributed by atoms with Crippen LogP contribution in [0.1, 0.15) is 24.6 Å². The van der Waals surface area contributed by atoms with Crippen molar-refractivity contribution in [3.8, 4) is 11.4 Å². The van der Waals surface area contributed by atoms with Crippen molar-refractivity contribution in [2.45, 2.75) is 26.2 Å². The van der Waals surface area contributed by atoms with Crippen LogP contribution in [0.15, 0.2) is 51.4 Å². The van der Waals surface area contributed by atoms with Crippen LogP contribution in [-0.4, -0.2) is 21.0 Å². The molecule has 0 radical (unpaired) electrons. The summed E-state index contributed by atoms with van der Waals surface area (Å²) in [7, 11) is 0. The van der Waals surface area contributed by atoms with E-state index in [1.165, 1.54) is 0 Å². The number of nitrogens with one attached hydrogen (secondary N) is 1. The van der Waals surface area contributed by atoms with Crippen LogP contribution in [0.4, 0.5) is 5.69 Å². The fourth-order valence-corrected chi connectivity index (χ4v) is 2.94. The summed E-state index contributed by atoms with van der Waals surface area (Å²) in [6, 6.07) is 12.6. The molecule has 0 unspecified atom stereocenters. The number of benzene rings is 2. The summed E-state index contributed by atoms with van der Waals surface area (Å²) in [5.74, 6) is 1.51. The topological polar surface area (TPSA) is 94.1 Å². The van der Waals surface area contributed by atoms with Gasteiger partial charge in [-0.2, -0.15) is 4.98 Å². The zero-order chi connectivity index (χ0) is 19.5. The second-order valence-corrected chi connectivity index (χ2v) is 6.77. The van der Waals surface area contributed by atoms with Crippen LogP contribution in [0.25, 0.3) is 22.5 Å². The van der Waals surface area contributed by atoms with Gasteiger partial charge in [-0.1, -0.05) is 16.8 Å². The number of rotatable bonds is 6. The number of nitrogens with zero attached hydrogens (tertiary/aromatic N) is 3. The number of oxazole rings is 1. The molecule has 2 aromatic carbocycles.